The molecule has 5 nitrogen and oxygen atoms in total. The number of hydrogen-bond acceptors (Lipinski definition) is 4. The summed E-state index contributed by atoms with van der Waals surface area (Å²) in [4.78, 5) is 16.7. The Hall–Kier alpha value is -3.21. The number of hydrogen-bond donors (Lipinski definition) is 1. The molecule has 5 heteroatoms. The van der Waals surface area contributed by atoms with E-state index < -0.39 is 0 Å². The molecule has 0 unspecified atom stereocenters. The van der Waals surface area contributed by atoms with Crippen LogP contribution in [-0.4, -0.2) is 16.0 Å². The Kier molecular flexibility index (Phi) is 3.24. The van der Waals surface area contributed by atoms with Crippen molar-refractivity contribution in [1.82, 2.24) is 10.1 Å². The van der Waals surface area contributed by atoms with Gasteiger partial charge in [0, 0.05) is 10.8 Å². The smallest absolute Gasteiger partial charge is 0.231 e. The molecule has 0 aliphatic rings. The van der Waals surface area contributed by atoms with Gasteiger partial charge in [0.1, 0.15) is 11.5 Å². The number of pyridine rings is 1. The van der Waals surface area contributed by atoms with E-state index in [0.29, 0.717) is 17.1 Å². The van der Waals surface area contributed by atoms with Gasteiger partial charge in [-0.3, -0.25) is 4.79 Å². The molecule has 0 spiro atoms. The van der Waals surface area contributed by atoms with Crippen molar-refractivity contribution < 1.29 is 9.32 Å². The monoisotopic (exact) mass is 303 g/mol. The van der Waals surface area contributed by atoms with Gasteiger partial charge in [0.05, 0.1) is 11.9 Å². The maximum Gasteiger partial charge on any atom is 0.231 e. The molecule has 0 aliphatic heterocycles. The highest BCUT2D eigenvalue weighted by Gasteiger charge is 2.12. The summed E-state index contributed by atoms with van der Waals surface area (Å²) in [6.07, 6.45) is 0.144. The zero-order valence-corrected chi connectivity index (χ0v) is 12.2. The Balaban J connectivity index is 1.55. The Morgan fingerprint density at radius 2 is 1.83 bits per heavy atom. The third-order valence-electron chi connectivity index (χ3n) is 3.65. The highest BCUT2D eigenvalue weighted by Crippen LogP contribution is 2.19. The first kappa shape index (κ1) is 13.5. The Bertz CT molecular complexity index is 1010. The van der Waals surface area contributed by atoms with Crippen molar-refractivity contribution in [2.24, 2.45) is 0 Å². The highest BCUT2D eigenvalue weighted by molar-refractivity contribution is 5.95. The third-order valence-corrected chi connectivity index (χ3v) is 3.65. The maximum atomic E-state index is 12.2. The van der Waals surface area contributed by atoms with Gasteiger partial charge in [-0.05, 0) is 30.3 Å². The van der Waals surface area contributed by atoms with Gasteiger partial charge in [0.2, 0.25) is 5.91 Å². The fourth-order valence-corrected chi connectivity index (χ4v) is 2.54. The minimum atomic E-state index is -0.174. The Labute approximate surface area is 131 Å². The van der Waals surface area contributed by atoms with E-state index in [-0.39, 0.29) is 12.3 Å². The number of carbonyl (C=O) groups is 1. The highest BCUT2D eigenvalue weighted by atomic mass is 16.5. The quantitative estimate of drug-likeness (QED) is 0.628. The molecule has 0 aliphatic carbocycles. The average molecular weight is 303 g/mol. The lowest BCUT2D eigenvalue weighted by molar-refractivity contribution is -0.115. The number of benzene rings is 2. The predicted octanol–water partition coefficient (Wildman–Crippen LogP) is 3.56. The minimum Gasteiger partial charge on any atom is -0.356 e. The van der Waals surface area contributed by atoms with Crippen LogP contribution in [0, 0.1) is 0 Å². The molecule has 0 fully saturated rings. The lowest BCUT2D eigenvalue weighted by atomic mass is 10.1. The van der Waals surface area contributed by atoms with E-state index in [0.717, 1.165) is 16.3 Å². The topological polar surface area (TPSA) is 68.0 Å². The maximum absolute atomic E-state index is 12.2. The molecule has 0 saturated heterocycles. The number of anilines is 1. The van der Waals surface area contributed by atoms with Gasteiger partial charge in [0.15, 0.2) is 5.58 Å². The van der Waals surface area contributed by atoms with E-state index in [4.69, 9.17) is 4.52 Å². The van der Waals surface area contributed by atoms with E-state index in [1.165, 1.54) is 0 Å². The van der Waals surface area contributed by atoms with Crippen LogP contribution in [0.2, 0.25) is 0 Å². The number of nitrogens with zero attached hydrogens (tertiary/aromatic N) is 2. The van der Waals surface area contributed by atoms with Crippen LogP contribution in [0.1, 0.15) is 5.69 Å². The van der Waals surface area contributed by atoms with Crippen LogP contribution in [-0.2, 0) is 11.2 Å². The molecule has 0 atom stereocenters. The number of rotatable bonds is 3. The van der Waals surface area contributed by atoms with Crippen LogP contribution in [0.3, 0.4) is 0 Å². The number of nitrogens with one attached hydrogen (secondary N) is 1. The number of aromatic nitrogens is 2. The summed E-state index contributed by atoms with van der Waals surface area (Å²) in [5.74, 6) is 0.355. The lowest BCUT2D eigenvalue weighted by Crippen LogP contribution is -2.15. The molecule has 4 aromatic rings. The van der Waals surface area contributed by atoms with E-state index in [2.05, 4.69) is 15.5 Å². The van der Waals surface area contributed by atoms with Crippen LogP contribution in [0.5, 0.6) is 0 Å². The molecular formula is C18H13N3O2. The number of carbonyl (C=O) groups excluding carboxylic acids is 1. The van der Waals surface area contributed by atoms with Crippen molar-refractivity contribution in [2.75, 3.05) is 5.32 Å². The molecule has 0 saturated carbocycles. The molecule has 1 N–H and O–H groups in total. The standard InChI is InChI=1S/C18H13N3O2/c22-18(11-15-13-6-2-4-8-16(13)23-21-15)20-17-10-9-12-5-1-3-7-14(12)19-17/h1-10H,11H2,(H,19,20,22). The summed E-state index contributed by atoms with van der Waals surface area (Å²) in [5, 5.41) is 8.67. The molecule has 2 aromatic heterocycles. The Morgan fingerprint density at radius 1 is 1.00 bits per heavy atom. The van der Waals surface area contributed by atoms with Gasteiger partial charge in [0.25, 0.3) is 0 Å². The van der Waals surface area contributed by atoms with E-state index in [9.17, 15) is 4.79 Å². The summed E-state index contributed by atoms with van der Waals surface area (Å²) < 4.78 is 5.21. The fourth-order valence-electron chi connectivity index (χ4n) is 2.54. The van der Waals surface area contributed by atoms with Crippen molar-refractivity contribution in [1.29, 1.82) is 0 Å². The van der Waals surface area contributed by atoms with Crippen LogP contribution in [0.15, 0.2) is 65.2 Å². The van der Waals surface area contributed by atoms with E-state index >= 15 is 0 Å². The predicted molar refractivity (Wildman–Crippen MR) is 88.1 cm³/mol. The molecule has 4 rings (SSSR count). The fraction of sp³-hybridized carbons (Fsp3) is 0.0556. The van der Waals surface area contributed by atoms with Gasteiger partial charge >= 0.3 is 0 Å². The van der Waals surface area contributed by atoms with Crippen molar-refractivity contribution in [3.8, 4) is 0 Å². The first-order valence-electron chi connectivity index (χ1n) is 7.28. The van der Waals surface area contributed by atoms with Crippen molar-refractivity contribution >= 4 is 33.6 Å². The lowest BCUT2D eigenvalue weighted by Gasteiger charge is -2.04. The van der Waals surface area contributed by atoms with Gasteiger partial charge in [-0.15, -0.1) is 0 Å². The summed E-state index contributed by atoms with van der Waals surface area (Å²) in [6, 6.07) is 19.0. The number of fused-ring (bicyclic) bond motifs is 2. The van der Waals surface area contributed by atoms with Crippen LogP contribution in [0.25, 0.3) is 21.9 Å². The normalized spacial score (nSPS) is 11.0. The summed E-state index contributed by atoms with van der Waals surface area (Å²) in [5.41, 5.74) is 2.15. The molecular weight excluding hydrogens is 290 g/mol. The molecule has 0 bridgehead atoms. The largest absolute Gasteiger partial charge is 0.356 e. The minimum absolute atomic E-state index is 0.144. The van der Waals surface area contributed by atoms with Crippen molar-refractivity contribution in [3.63, 3.8) is 0 Å². The van der Waals surface area contributed by atoms with Gasteiger partial charge in [-0.2, -0.15) is 0 Å². The zero-order valence-electron chi connectivity index (χ0n) is 12.2. The van der Waals surface area contributed by atoms with E-state index in [1.807, 2.05) is 54.6 Å². The summed E-state index contributed by atoms with van der Waals surface area (Å²) in [6.45, 7) is 0. The zero-order chi connectivity index (χ0) is 15.6. The summed E-state index contributed by atoms with van der Waals surface area (Å²) >= 11 is 0. The molecule has 23 heavy (non-hydrogen) atoms. The molecule has 2 aromatic carbocycles. The van der Waals surface area contributed by atoms with E-state index in [1.54, 1.807) is 6.07 Å². The van der Waals surface area contributed by atoms with Crippen molar-refractivity contribution in [3.05, 3.63) is 66.4 Å². The molecule has 112 valence electrons. The van der Waals surface area contributed by atoms with Gasteiger partial charge < -0.3 is 9.84 Å². The molecule has 2 heterocycles. The number of para-hydroxylation sites is 2. The van der Waals surface area contributed by atoms with Crippen LogP contribution >= 0.6 is 0 Å². The second kappa shape index (κ2) is 5.53. The summed E-state index contributed by atoms with van der Waals surface area (Å²) in [7, 11) is 0. The number of amides is 1. The Morgan fingerprint density at radius 3 is 2.78 bits per heavy atom. The second-order valence-electron chi connectivity index (χ2n) is 5.24. The molecule has 0 radical (unpaired) electrons. The second-order valence-corrected chi connectivity index (χ2v) is 5.24. The first-order chi connectivity index (χ1) is 11.3. The van der Waals surface area contributed by atoms with Crippen LogP contribution in [0.4, 0.5) is 5.82 Å². The SMILES string of the molecule is O=C(Cc1noc2ccccc12)Nc1ccc2ccccc2n1. The van der Waals surface area contributed by atoms with Crippen molar-refractivity contribution in [2.45, 2.75) is 6.42 Å². The van der Waals surface area contributed by atoms with Crippen LogP contribution < -0.4 is 5.32 Å². The third kappa shape index (κ3) is 2.64. The van der Waals surface area contributed by atoms with Gasteiger partial charge in [-0.25, -0.2) is 4.98 Å². The molecule has 1 amide bonds. The first-order valence-corrected chi connectivity index (χ1v) is 7.28. The van der Waals surface area contributed by atoms with Gasteiger partial charge in [-0.1, -0.05) is 35.5 Å². The average Bonchev–Trinajstić information content (AvgIpc) is 2.98.